The lowest BCUT2D eigenvalue weighted by Crippen LogP contribution is -2.47. The Balaban J connectivity index is 1.96. The normalized spacial score (nSPS) is 19.6. The van der Waals surface area contributed by atoms with Crippen molar-refractivity contribution in [1.29, 1.82) is 0 Å². The first-order chi connectivity index (χ1) is 9.60. The molecule has 1 aromatic carbocycles. The van der Waals surface area contributed by atoms with E-state index >= 15 is 0 Å². The van der Waals surface area contributed by atoms with Gasteiger partial charge in [0, 0.05) is 19.6 Å². The van der Waals surface area contributed by atoms with E-state index in [1.54, 1.807) is 12.1 Å². The summed E-state index contributed by atoms with van der Waals surface area (Å²) >= 11 is 4.97. The van der Waals surface area contributed by atoms with Crippen LogP contribution in [0.25, 0.3) is 0 Å². The fourth-order valence-corrected chi connectivity index (χ4v) is 2.28. The van der Waals surface area contributed by atoms with Gasteiger partial charge in [0.1, 0.15) is 11.1 Å². The average molecular weight is 294 g/mol. The molecule has 0 amide bonds. The van der Waals surface area contributed by atoms with Crippen molar-refractivity contribution < 1.29 is 14.3 Å². The van der Waals surface area contributed by atoms with E-state index < -0.39 is 0 Å². The van der Waals surface area contributed by atoms with E-state index in [1.807, 2.05) is 12.1 Å². The van der Waals surface area contributed by atoms with Gasteiger partial charge in [0.05, 0.1) is 19.3 Å². The van der Waals surface area contributed by atoms with Crippen LogP contribution in [0.4, 0.5) is 0 Å². The molecule has 1 heterocycles. The van der Waals surface area contributed by atoms with Gasteiger partial charge in [0.25, 0.3) is 0 Å². The number of hydrogen-bond acceptors (Lipinski definition) is 5. The van der Waals surface area contributed by atoms with Crippen molar-refractivity contribution in [3.63, 3.8) is 0 Å². The van der Waals surface area contributed by atoms with E-state index in [4.69, 9.17) is 22.7 Å². The zero-order valence-corrected chi connectivity index (χ0v) is 12.2. The second kappa shape index (κ2) is 6.78. The zero-order valence-electron chi connectivity index (χ0n) is 11.4. The number of rotatable bonds is 4. The average Bonchev–Trinajstić information content (AvgIpc) is 2.47. The van der Waals surface area contributed by atoms with Gasteiger partial charge in [-0.05, 0) is 17.7 Å². The highest BCUT2D eigenvalue weighted by Gasteiger charge is 2.22. The summed E-state index contributed by atoms with van der Waals surface area (Å²) in [7, 11) is 1.37. The van der Waals surface area contributed by atoms with Gasteiger partial charge in [0.15, 0.2) is 0 Å². The van der Waals surface area contributed by atoms with E-state index in [0.29, 0.717) is 23.7 Å². The fraction of sp³-hybridized carbons (Fsp3) is 0.429. The molecule has 0 aromatic heterocycles. The summed E-state index contributed by atoms with van der Waals surface area (Å²) < 4.78 is 10.2. The van der Waals surface area contributed by atoms with E-state index in [1.165, 1.54) is 7.11 Å². The van der Waals surface area contributed by atoms with Crippen molar-refractivity contribution in [2.45, 2.75) is 12.6 Å². The second-order valence-electron chi connectivity index (χ2n) is 4.69. The third-order valence-electron chi connectivity index (χ3n) is 3.25. The maximum absolute atomic E-state index is 11.4. The number of morpholine rings is 1. The Morgan fingerprint density at radius 1 is 1.50 bits per heavy atom. The molecule has 6 heteroatoms. The predicted octanol–water partition coefficient (Wildman–Crippen LogP) is 0.960. The number of ether oxygens (including phenoxy) is 2. The van der Waals surface area contributed by atoms with Crippen molar-refractivity contribution in [2.24, 2.45) is 5.73 Å². The van der Waals surface area contributed by atoms with Gasteiger partial charge in [-0.15, -0.1) is 0 Å². The Hall–Kier alpha value is -1.50. The van der Waals surface area contributed by atoms with Crippen LogP contribution in [0.15, 0.2) is 24.3 Å². The van der Waals surface area contributed by atoms with E-state index in [9.17, 15) is 4.79 Å². The van der Waals surface area contributed by atoms with Gasteiger partial charge in [-0.25, -0.2) is 4.79 Å². The summed E-state index contributed by atoms with van der Waals surface area (Å²) in [5.74, 6) is -0.323. The third-order valence-corrected chi connectivity index (χ3v) is 3.51. The molecule has 1 saturated heterocycles. The van der Waals surface area contributed by atoms with Crippen molar-refractivity contribution in [2.75, 3.05) is 26.8 Å². The van der Waals surface area contributed by atoms with Crippen LogP contribution in [0.1, 0.15) is 15.9 Å². The lowest BCUT2D eigenvalue weighted by molar-refractivity contribution is 0.00391. The Morgan fingerprint density at radius 3 is 2.80 bits per heavy atom. The molecule has 1 fully saturated rings. The van der Waals surface area contributed by atoms with Crippen molar-refractivity contribution in [1.82, 2.24) is 4.90 Å². The number of methoxy groups -OCH3 is 1. The summed E-state index contributed by atoms with van der Waals surface area (Å²) in [6.07, 6.45) is -0.173. The smallest absolute Gasteiger partial charge is 0.337 e. The molecule has 1 aromatic rings. The maximum atomic E-state index is 11.4. The molecule has 0 spiro atoms. The van der Waals surface area contributed by atoms with E-state index in [2.05, 4.69) is 9.64 Å². The minimum Gasteiger partial charge on any atom is -0.465 e. The van der Waals surface area contributed by atoms with Crippen molar-refractivity contribution in [3.05, 3.63) is 35.4 Å². The quantitative estimate of drug-likeness (QED) is 0.659. The number of carbonyl (C=O) groups excluding carboxylic acids is 1. The van der Waals surface area contributed by atoms with Crippen LogP contribution in [-0.2, 0) is 16.0 Å². The maximum Gasteiger partial charge on any atom is 0.337 e. The monoisotopic (exact) mass is 294 g/mol. The van der Waals surface area contributed by atoms with Gasteiger partial charge >= 0.3 is 5.97 Å². The Kier molecular flexibility index (Phi) is 5.05. The highest BCUT2D eigenvalue weighted by molar-refractivity contribution is 7.80. The van der Waals surface area contributed by atoms with Crippen LogP contribution >= 0.6 is 12.2 Å². The third kappa shape index (κ3) is 3.75. The molecule has 0 saturated carbocycles. The number of nitrogens with zero attached hydrogens (tertiary/aromatic N) is 1. The molecule has 2 N–H and O–H groups in total. The number of esters is 1. The van der Waals surface area contributed by atoms with Gasteiger partial charge in [-0.2, -0.15) is 0 Å². The number of nitrogens with two attached hydrogens (primary N) is 1. The van der Waals surface area contributed by atoms with Gasteiger partial charge in [-0.1, -0.05) is 24.4 Å². The molecule has 1 atom stereocenters. The Bertz CT molecular complexity index is 490. The molecule has 0 aliphatic carbocycles. The van der Waals surface area contributed by atoms with Crippen molar-refractivity contribution in [3.8, 4) is 0 Å². The largest absolute Gasteiger partial charge is 0.465 e. The summed E-state index contributed by atoms with van der Waals surface area (Å²) in [6, 6.07) is 7.40. The lowest BCUT2D eigenvalue weighted by atomic mass is 10.1. The van der Waals surface area contributed by atoms with E-state index in [0.717, 1.165) is 18.7 Å². The molecule has 5 nitrogen and oxygen atoms in total. The van der Waals surface area contributed by atoms with E-state index in [-0.39, 0.29) is 12.1 Å². The van der Waals surface area contributed by atoms with Crippen LogP contribution in [-0.4, -0.2) is 48.8 Å². The van der Waals surface area contributed by atoms with Crippen LogP contribution in [0, 0.1) is 0 Å². The topological polar surface area (TPSA) is 64.8 Å². The highest BCUT2D eigenvalue weighted by Crippen LogP contribution is 2.12. The molecule has 1 aliphatic heterocycles. The second-order valence-corrected chi connectivity index (χ2v) is 5.16. The molecule has 2 rings (SSSR count). The number of benzene rings is 1. The summed E-state index contributed by atoms with van der Waals surface area (Å²) in [6.45, 7) is 2.96. The SMILES string of the molecule is COC(=O)c1ccc(CN2CCOC(C(N)=S)C2)cc1. The molecular formula is C14H18N2O3S. The van der Waals surface area contributed by atoms with Crippen LogP contribution in [0.3, 0.4) is 0 Å². The number of thiocarbonyl (C=S) groups is 1. The molecule has 1 aliphatic rings. The summed E-state index contributed by atoms with van der Waals surface area (Å²) in [4.78, 5) is 14.0. The molecule has 0 bridgehead atoms. The first-order valence-electron chi connectivity index (χ1n) is 6.40. The number of carbonyl (C=O) groups is 1. The lowest BCUT2D eigenvalue weighted by Gasteiger charge is -2.32. The molecule has 20 heavy (non-hydrogen) atoms. The number of hydrogen-bond donors (Lipinski definition) is 1. The zero-order chi connectivity index (χ0) is 14.5. The van der Waals surface area contributed by atoms with Crippen LogP contribution in [0.5, 0.6) is 0 Å². The Labute approximate surface area is 123 Å². The van der Waals surface area contributed by atoms with Gasteiger partial charge in [0.2, 0.25) is 0 Å². The first kappa shape index (κ1) is 14.9. The summed E-state index contributed by atoms with van der Waals surface area (Å²) in [5.41, 5.74) is 7.30. The molecule has 108 valence electrons. The first-order valence-corrected chi connectivity index (χ1v) is 6.81. The molecule has 1 unspecified atom stereocenters. The van der Waals surface area contributed by atoms with Gasteiger partial charge < -0.3 is 15.2 Å². The fourth-order valence-electron chi connectivity index (χ4n) is 2.14. The summed E-state index contributed by atoms with van der Waals surface area (Å²) in [5, 5.41) is 0. The standard InChI is InChI=1S/C14H18N2O3S/c1-18-14(17)11-4-2-10(3-5-11)8-16-6-7-19-12(9-16)13(15)20/h2-5,12H,6-9H2,1H3,(H2,15,20). The predicted molar refractivity (Wildman–Crippen MR) is 79.6 cm³/mol. The highest BCUT2D eigenvalue weighted by atomic mass is 32.1. The van der Waals surface area contributed by atoms with Crippen molar-refractivity contribution >= 4 is 23.2 Å². The van der Waals surface area contributed by atoms with Crippen LogP contribution < -0.4 is 5.73 Å². The van der Waals surface area contributed by atoms with Gasteiger partial charge in [-0.3, -0.25) is 4.90 Å². The van der Waals surface area contributed by atoms with Crippen LogP contribution in [0.2, 0.25) is 0 Å². The minimum absolute atomic E-state index is 0.173. The molecular weight excluding hydrogens is 276 g/mol. The Morgan fingerprint density at radius 2 is 2.20 bits per heavy atom. The molecule has 0 radical (unpaired) electrons. The minimum atomic E-state index is -0.323.